The zero-order valence-electron chi connectivity index (χ0n) is 24.0. The van der Waals surface area contributed by atoms with Crippen molar-refractivity contribution in [2.24, 2.45) is 0 Å². The number of nitrogens with one attached hydrogen (secondary N) is 1. The van der Waals surface area contributed by atoms with E-state index < -0.39 is 30.4 Å². The number of benzene rings is 3. The standard InChI is InChI=1S/C33H32BNO7/c1-32(2)33(3,4)42-34(41-32)22(16-20-13-14-28-21(15-20)17-29(40-28)30(36)37)18-35-31(38)39-19-27-25-11-7-5-9-23(25)24-10-6-8-12-26(24)27/h5-17,27H,18-19H2,1-4H3,(H,35,38)(H,36,37). The number of carbonyl (C=O) groups is 2. The van der Waals surface area contributed by atoms with Crippen LogP contribution in [-0.2, 0) is 14.0 Å². The highest BCUT2D eigenvalue weighted by Gasteiger charge is 2.52. The van der Waals surface area contributed by atoms with Gasteiger partial charge < -0.3 is 28.9 Å². The molecule has 1 fully saturated rings. The second-order valence-electron chi connectivity index (χ2n) is 11.7. The number of alkyl carbamates (subject to hydrolysis) is 1. The minimum Gasteiger partial charge on any atom is -0.475 e. The molecular formula is C33H32BNO7. The van der Waals surface area contributed by atoms with E-state index in [1.54, 1.807) is 6.07 Å². The Morgan fingerprint density at radius 2 is 1.55 bits per heavy atom. The van der Waals surface area contributed by atoms with E-state index in [2.05, 4.69) is 29.6 Å². The lowest BCUT2D eigenvalue weighted by molar-refractivity contribution is 0.00578. The lowest BCUT2D eigenvalue weighted by Gasteiger charge is -2.32. The van der Waals surface area contributed by atoms with Gasteiger partial charge in [0.1, 0.15) is 12.2 Å². The van der Waals surface area contributed by atoms with Gasteiger partial charge in [-0.25, -0.2) is 9.59 Å². The molecule has 2 heterocycles. The summed E-state index contributed by atoms with van der Waals surface area (Å²) >= 11 is 0. The highest BCUT2D eigenvalue weighted by molar-refractivity contribution is 6.56. The molecule has 0 saturated carbocycles. The second kappa shape index (κ2) is 10.5. The van der Waals surface area contributed by atoms with E-state index in [0.717, 1.165) is 27.8 Å². The van der Waals surface area contributed by atoms with Crippen molar-refractivity contribution in [2.45, 2.75) is 44.8 Å². The molecule has 1 aliphatic carbocycles. The number of aromatic carboxylic acids is 1. The van der Waals surface area contributed by atoms with Crippen LogP contribution in [0.5, 0.6) is 0 Å². The molecule has 2 aliphatic rings. The van der Waals surface area contributed by atoms with Crippen LogP contribution in [0.1, 0.15) is 60.9 Å². The number of carboxylic acid groups (broad SMARTS) is 1. The first kappa shape index (κ1) is 27.8. The van der Waals surface area contributed by atoms with Crippen LogP contribution >= 0.6 is 0 Å². The molecule has 214 valence electrons. The van der Waals surface area contributed by atoms with Crippen molar-refractivity contribution in [3.63, 3.8) is 0 Å². The van der Waals surface area contributed by atoms with Gasteiger partial charge in [-0.3, -0.25) is 0 Å². The van der Waals surface area contributed by atoms with Gasteiger partial charge in [0.25, 0.3) is 0 Å². The van der Waals surface area contributed by atoms with Gasteiger partial charge >= 0.3 is 19.2 Å². The second-order valence-corrected chi connectivity index (χ2v) is 11.7. The highest BCUT2D eigenvalue weighted by atomic mass is 16.7. The summed E-state index contributed by atoms with van der Waals surface area (Å²) in [5, 5.41) is 12.8. The number of carboxylic acids is 1. The van der Waals surface area contributed by atoms with Crippen LogP contribution in [-0.4, -0.2) is 48.6 Å². The fourth-order valence-corrected chi connectivity index (χ4v) is 5.49. The molecule has 1 aliphatic heterocycles. The summed E-state index contributed by atoms with van der Waals surface area (Å²) < 4.78 is 23.7. The Hall–Kier alpha value is -4.34. The zero-order chi connectivity index (χ0) is 29.6. The molecule has 42 heavy (non-hydrogen) atoms. The van der Waals surface area contributed by atoms with Crippen LogP contribution < -0.4 is 5.32 Å². The van der Waals surface area contributed by atoms with E-state index in [1.165, 1.54) is 6.07 Å². The highest BCUT2D eigenvalue weighted by Crippen LogP contribution is 2.44. The van der Waals surface area contributed by atoms with E-state index in [0.29, 0.717) is 16.4 Å². The van der Waals surface area contributed by atoms with Crippen molar-refractivity contribution in [3.8, 4) is 11.1 Å². The van der Waals surface area contributed by atoms with E-state index in [1.807, 2.05) is 70.2 Å². The maximum Gasteiger partial charge on any atom is 0.492 e. The molecule has 6 rings (SSSR count). The van der Waals surface area contributed by atoms with Gasteiger partial charge in [0, 0.05) is 17.8 Å². The van der Waals surface area contributed by atoms with Crippen LogP contribution in [0.4, 0.5) is 4.79 Å². The Labute approximate surface area is 244 Å². The van der Waals surface area contributed by atoms with Gasteiger partial charge in [0.15, 0.2) is 0 Å². The molecule has 0 radical (unpaired) electrons. The number of rotatable bonds is 7. The molecular weight excluding hydrogens is 533 g/mol. The normalized spacial score (nSPS) is 17.2. The van der Waals surface area contributed by atoms with Crippen molar-refractivity contribution in [1.82, 2.24) is 5.32 Å². The maximum atomic E-state index is 13.0. The molecule has 0 bridgehead atoms. The van der Waals surface area contributed by atoms with Crippen molar-refractivity contribution < 1.29 is 33.2 Å². The Morgan fingerprint density at radius 1 is 0.929 bits per heavy atom. The van der Waals surface area contributed by atoms with Crippen LogP contribution in [0.2, 0.25) is 0 Å². The summed E-state index contributed by atoms with van der Waals surface area (Å²) in [6.45, 7) is 8.20. The predicted molar refractivity (Wildman–Crippen MR) is 160 cm³/mol. The third kappa shape index (κ3) is 5.10. The van der Waals surface area contributed by atoms with Gasteiger partial charge in [-0.1, -0.05) is 60.7 Å². The minimum absolute atomic E-state index is 0.0429. The molecule has 4 aromatic rings. The van der Waals surface area contributed by atoms with Gasteiger partial charge in [-0.15, -0.1) is 0 Å². The quantitative estimate of drug-likeness (QED) is 0.241. The number of ether oxygens (including phenoxy) is 1. The van der Waals surface area contributed by atoms with Crippen molar-refractivity contribution in [1.29, 1.82) is 0 Å². The summed E-state index contributed by atoms with van der Waals surface area (Å²) in [4.78, 5) is 24.3. The monoisotopic (exact) mass is 565 g/mol. The smallest absolute Gasteiger partial charge is 0.475 e. The van der Waals surface area contributed by atoms with Crippen molar-refractivity contribution in [2.75, 3.05) is 13.2 Å². The SMILES string of the molecule is CC1(C)OB(C(=Cc2ccc3oc(C(=O)O)cc3c2)CNC(=O)OCC2c3ccccc3-c3ccccc32)OC1(C)C. The third-order valence-corrected chi connectivity index (χ3v) is 8.44. The van der Waals surface area contributed by atoms with Gasteiger partial charge in [-0.2, -0.15) is 0 Å². The van der Waals surface area contributed by atoms with E-state index >= 15 is 0 Å². The lowest BCUT2D eigenvalue weighted by atomic mass is 9.77. The van der Waals surface area contributed by atoms with Gasteiger partial charge in [0.2, 0.25) is 5.76 Å². The average Bonchev–Trinajstić information content (AvgIpc) is 3.59. The van der Waals surface area contributed by atoms with E-state index in [-0.39, 0.29) is 24.8 Å². The fourth-order valence-electron chi connectivity index (χ4n) is 5.49. The number of hydrogen-bond donors (Lipinski definition) is 2. The summed E-state index contributed by atoms with van der Waals surface area (Å²) in [5.74, 6) is -1.30. The first-order valence-electron chi connectivity index (χ1n) is 13.9. The molecule has 9 heteroatoms. The predicted octanol–water partition coefficient (Wildman–Crippen LogP) is 6.68. The Morgan fingerprint density at radius 3 is 2.17 bits per heavy atom. The number of hydrogen-bond acceptors (Lipinski definition) is 6. The maximum absolute atomic E-state index is 13.0. The Bertz CT molecular complexity index is 1660. The molecule has 0 unspecified atom stereocenters. The third-order valence-electron chi connectivity index (χ3n) is 8.44. The van der Waals surface area contributed by atoms with E-state index in [4.69, 9.17) is 18.5 Å². The molecule has 2 N–H and O–H groups in total. The number of fused-ring (bicyclic) bond motifs is 4. The van der Waals surface area contributed by atoms with Crippen LogP contribution in [0.25, 0.3) is 28.2 Å². The first-order valence-corrected chi connectivity index (χ1v) is 13.9. The largest absolute Gasteiger partial charge is 0.492 e. The number of amides is 1. The minimum atomic E-state index is -1.13. The lowest BCUT2D eigenvalue weighted by Crippen LogP contribution is -2.41. The summed E-state index contributed by atoms with van der Waals surface area (Å²) in [6.07, 6.45) is 1.33. The van der Waals surface area contributed by atoms with Crippen LogP contribution in [0, 0.1) is 0 Å². The first-order chi connectivity index (χ1) is 20.0. The molecule has 1 aromatic heterocycles. The Balaban J connectivity index is 1.20. The fraction of sp³-hybridized carbons (Fsp3) is 0.273. The van der Waals surface area contributed by atoms with Gasteiger partial charge in [0.05, 0.1) is 11.2 Å². The average molecular weight is 565 g/mol. The summed E-state index contributed by atoms with van der Waals surface area (Å²) in [7, 11) is -0.710. The zero-order valence-corrected chi connectivity index (χ0v) is 24.0. The molecule has 1 saturated heterocycles. The van der Waals surface area contributed by atoms with Gasteiger partial charge in [-0.05, 0) is 79.2 Å². The topological polar surface area (TPSA) is 107 Å². The van der Waals surface area contributed by atoms with Crippen LogP contribution in [0.3, 0.4) is 0 Å². The molecule has 0 spiro atoms. The molecule has 3 aromatic carbocycles. The molecule has 0 atom stereocenters. The van der Waals surface area contributed by atoms with Crippen molar-refractivity contribution in [3.05, 3.63) is 101 Å². The van der Waals surface area contributed by atoms with Crippen molar-refractivity contribution >= 4 is 36.2 Å². The van der Waals surface area contributed by atoms with E-state index in [9.17, 15) is 14.7 Å². The summed E-state index contributed by atoms with van der Waals surface area (Å²) in [5.41, 5.74) is 5.39. The number of furan rings is 1. The molecule has 1 amide bonds. The molecule has 8 nitrogen and oxygen atoms in total. The van der Waals surface area contributed by atoms with Crippen LogP contribution in [0.15, 0.2) is 82.7 Å². The Kier molecular flexibility index (Phi) is 6.95. The number of carbonyl (C=O) groups excluding carboxylic acids is 1. The summed E-state index contributed by atoms with van der Waals surface area (Å²) in [6, 6.07) is 23.2.